The summed E-state index contributed by atoms with van der Waals surface area (Å²) in [5.74, 6) is 0. The summed E-state index contributed by atoms with van der Waals surface area (Å²) >= 11 is 0. The lowest BCUT2D eigenvalue weighted by molar-refractivity contribution is 0.670. The molecular formula is C39H30N2O. The quantitative estimate of drug-likeness (QED) is 0.157. The Kier molecular flexibility index (Phi) is 5.71. The highest BCUT2D eigenvalue weighted by Gasteiger charge is 2.26. The van der Waals surface area contributed by atoms with Crippen LogP contribution < -0.4 is 5.49 Å². The van der Waals surface area contributed by atoms with Gasteiger partial charge < -0.3 is 8.98 Å². The third-order valence-corrected chi connectivity index (χ3v) is 8.60. The Balaban J connectivity index is 1.46. The van der Waals surface area contributed by atoms with Crippen molar-refractivity contribution in [2.75, 3.05) is 6.54 Å². The second kappa shape index (κ2) is 9.74. The minimum absolute atomic E-state index is 0.565. The van der Waals surface area contributed by atoms with Crippen molar-refractivity contribution < 1.29 is 4.42 Å². The maximum atomic E-state index is 6.68. The molecule has 2 heterocycles. The van der Waals surface area contributed by atoms with Crippen LogP contribution in [0.3, 0.4) is 0 Å². The van der Waals surface area contributed by atoms with Gasteiger partial charge in [0.2, 0.25) is 0 Å². The molecule has 0 N–H and O–H groups in total. The van der Waals surface area contributed by atoms with E-state index < -0.39 is 0 Å². The summed E-state index contributed by atoms with van der Waals surface area (Å²) in [6.45, 7) is 7.31. The van der Waals surface area contributed by atoms with E-state index in [0.29, 0.717) is 6.54 Å². The fourth-order valence-corrected chi connectivity index (χ4v) is 6.78. The fourth-order valence-electron chi connectivity index (χ4n) is 6.78. The Morgan fingerprint density at radius 1 is 0.810 bits per heavy atom. The Labute approximate surface area is 244 Å². The monoisotopic (exact) mass is 542 g/mol. The van der Waals surface area contributed by atoms with Gasteiger partial charge in [0.15, 0.2) is 0 Å². The molecule has 3 nitrogen and oxygen atoms in total. The summed E-state index contributed by atoms with van der Waals surface area (Å²) in [6.07, 6.45) is 7.06. The molecule has 7 aromatic rings. The number of benzene rings is 5. The molecule has 0 spiro atoms. The lowest BCUT2D eigenvalue weighted by Crippen LogP contribution is -2.22. The first-order valence-electron chi connectivity index (χ1n) is 14.6. The zero-order valence-electron chi connectivity index (χ0n) is 23.6. The summed E-state index contributed by atoms with van der Waals surface area (Å²) in [5, 5.41) is 5.93. The van der Waals surface area contributed by atoms with Crippen molar-refractivity contribution in [2.24, 2.45) is 4.99 Å². The summed E-state index contributed by atoms with van der Waals surface area (Å²) in [4.78, 5) is 5.00. The van der Waals surface area contributed by atoms with Crippen LogP contribution in [0.1, 0.15) is 18.1 Å². The Hall–Kier alpha value is -5.15. The van der Waals surface area contributed by atoms with Crippen LogP contribution in [0.15, 0.2) is 131 Å². The highest BCUT2D eigenvalue weighted by molar-refractivity contribution is 6.18. The van der Waals surface area contributed by atoms with Crippen LogP contribution in [-0.4, -0.2) is 11.1 Å². The third-order valence-electron chi connectivity index (χ3n) is 8.60. The standard InChI is InChI=1S/C39H30N2O/c1-3-5-21-41-34-16-10-8-14-29(34)33-23-26(18-19-30(33)39(41)40-20-4-2)32-24-27-22-25-12-6-7-13-28(25)36(27)37-31-15-9-11-17-35(31)42-38(32)37/h3-19,23-24H,2,20-22H2,1H3/b5-3-,40-39?. The number of pyridine rings is 1. The van der Waals surface area contributed by atoms with Crippen molar-refractivity contribution in [1.29, 1.82) is 0 Å². The highest BCUT2D eigenvalue weighted by atomic mass is 16.3. The summed E-state index contributed by atoms with van der Waals surface area (Å²) in [6, 6.07) is 35.0. The zero-order valence-corrected chi connectivity index (χ0v) is 23.6. The number of rotatable bonds is 5. The Morgan fingerprint density at radius 3 is 2.50 bits per heavy atom. The zero-order chi connectivity index (χ0) is 28.2. The first-order chi connectivity index (χ1) is 20.8. The van der Waals surface area contributed by atoms with Crippen molar-refractivity contribution in [3.8, 4) is 22.3 Å². The number of nitrogens with zero attached hydrogens (tertiary/aromatic N) is 2. The van der Waals surface area contributed by atoms with Gasteiger partial charge in [0.25, 0.3) is 0 Å². The van der Waals surface area contributed by atoms with Gasteiger partial charge in [-0.05, 0) is 70.8 Å². The molecule has 0 fully saturated rings. The van der Waals surface area contributed by atoms with Gasteiger partial charge in [-0.15, -0.1) is 6.58 Å². The Bertz CT molecular complexity index is 2310. The number of hydrogen-bond donors (Lipinski definition) is 0. The van der Waals surface area contributed by atoms with Crippen molar-refractivity contribution in [1.82, 2.24) is 4.57 Å². The van der Waals surface area contributed by atoms with E-state index in [0.717, 1.165) is 46.1 Å². The van der Waals surface area contributed by atoms with Crippen LogP contribution in [0.5, 0.6) is 0 Å². The number of furan rings is 1. The summed E-state index contributed by atoms with van der Waals surface area (Å²) < 4.78 is 8.99. The molecule has 42 heavy (non-hydrogen) atoms. The molecule has 1 aliphatic rings. The van der Waals surface area contributed by atoms with Crippen LogP contribution in [0, 0.1) is 0 Å². The topological polar surface area (TPSA) is 30.4 Å². The van der Waals surface area contributed by atoms with Gasteiger partial charge in [-0.2, -0.15) is 0 Å². The molecule has 3 heteroatoms. The second-order valence-corrected chi connectivity index (χ2v) is 11.0. The SMILES string of the molecule is C=CCN=c1c2ccc(-c3cc4c(c5c3oc3ccccc35)-c3ccccc3C4)cc2c2ccccc2n1C/C=C\C. The van der Waals surface area contributed by atoms with E-state index >= 15 is 0 Å². The molecule has 0 bridgehead atoms. The Morgan fingerprint density at radius 2 is 1.62 bits per heavy atom. The van der Waals surface area contributed by atoms with Crippen LogP contribution >= 0.6 is 0 Å². The lowest BCUT2D eigenvalue weighted by atomic mass is 9.92. The maximum absolute atomic E-state index is 6.68. The molecule has 2 aromatic heterocycles. The van der Waals surface area contributed by atoms with Crippen LogP contribution in [0.25, 0.3) is 65.9 Å². The van der Waals surface area contributed by atoms with Gasteiger partial charge in [-0.25, -0.2) is 0 Å². The maximum Gasteiger partial charge on any atom is 0.143 e. The average Bonchev–Trinajstić information content (AvgIpc) is 3.60. The molecule has 0 amide bonds. The van der Waals surface area contributed by atoms with Gasteiger partial charge in [0.1, 0.15) is 16.7 Å². The minimum Gasteiger partial charge on any atom is -0.455 e. The molecule has 0 unspecified atom stereocenters. The highest BCUT2D eigenvalue weighted by Crippen LogP contribution is 2.48. The predicted molar refractivity (Wildman–Crippen MR) is 176 cm³/mol. The average molecular weight is 543 g/mol. The van der Waals surface area contributed by atoms with Crippen LogP contribution in [-0.2, 0) is 13.0 Å². The first kappa shape index (κ1) is 24.6. The number of hydrogen-bond acceptors (Lipinski definition) is 2. The second-order valence-electron chi connectivity index (χ2n) is 11.0. The van der Waals surface area contributed by atoms with Crippen LogP contribution in [0.2, 0.25) is 0 Å². The molecule has 0 aliphatic heterocycles. The number of aromatic nitrogens is 1. The molecule has 0 saturated carbocycles. The summed E-state index contributed by atoms with van der Waals surface area (Å²) in [5.41, 5.74) is 11.7. The van der Waals surface area contributed by atoms with Crippen LogP contribution in [0.4, 0.5) is 0 Å². The van der Waals surface area contributed by atoms with E-state index in [1.165, 1.54) is 49.3 Å². The van der Waals surface area contributed by atoms with Gasteiger partial charge in [0, 0.05) is 33.7 Å². The molecule has 202 valence electrons. The predicted octanol–water partition coefficient (Wildman–Crippen LogP) is 9.59. The van der Waals surface area contributed by atoms with E-state index in [2.05, 4.69) is 127 Å². The number of allylic oxidation sites excluding steroid dienone is 2. The molecule has 8 rings (SSSR count). The van der Waals surface area contributed by atoms with Crippen molar-refractivity contribution in [3.05, 3.63) is 138 Å². The molecule has 1 aliphatic carbocycles. The van der Waals surface area contributed by atoms with E-state index in [9.17, 15) is 0 Å². The fraction of sp³-hybridized carbons (Fsp3) is 0.103. The molecule has 5 aromatic carbocycles. The smallest absolute Gasteiger partial charge is 0.143 e. The van der Waals surface area contributed by atoms with E-state index in [1.807, 2.05) is 6.08 Å². The third kappa shape index (κ3) is 3.63. The number of fused-ring (bicyclic) bond motifs is 10. The first-order valence-corrected chi connectivity index (χ1v) is 14.6. The lowest BCUT2D eigenvalue weighted by Gasteiger charge is -2.16. The van der Waals surface area contributed by atoms with Gasteiger partial charge >= 0.3 is 0 Å². The van der Waals surface area contributed by atoms with E-state index in [-0.39, 0.29) is 0 Å². The normalized spacial score (nSPS) is 13.1. The summed E-state index contributed by atoms with van der Waals surface area (Å²) in [7, 11) is 0. The number of para-hydroxylation sites is 2. The largest absolute Gasteiger partial charge is 0.455 e. The van der Waals surface area contributed by atoms with Gasteiger partial charge in [-0.3, -0.25) is 4.99 Å². The molecular weight excluding hydrogens is 512 g/mol. The van der Waals surface area contributed by atoms with Crippen molar-refractivity contribution in [2.45, 2.75) is 19.9 Å². The molecule has 0 saturated heterocycles. The van der Waals surface area contributed by atoms with Gasteiger partial charge in [-0.1, -0.05) is 91.0 Å². The van der Waals surface area contributed by atoms with Crippen molar-refractivity contribution in [3.63, 3.8) is 0 Å². The minimum atomic E-state index is 0.565. The molecule has 0 radical (unpaired) electrons. The van der Waals surface area contributed by atoms with E-state index in [4.69, 9.17) is 9.41 Å². The van der Waals surface area contributed by atoms with E-state index in [1.54, 1.807) is 0 Å². The van der Waals surface area contributed by atoms with Crippen molar-refractivity contribution >= 4 is 43.6 Å². The molecule has 0 atom stereocenters. The van der Waals surface area contributed by atoms with Gasteiger partial charge in [0.05, 0.1) is 12.1 Å².